The zero-order chi connectivity index (χ0) is 14.4. The van der Waals surface area contributed by atoms with E-state index in [1.54, 1.807) is 24.3 Å². The maximum atomic E-state index is 12.0. The molecule has 0 spiro atoms. The minimum atomic E-state index is -0.671. The Morgan fingerprint density at radius 2 is 2.10 bits per heavy atom. The minimum Gasteiger partial charge on any atom is -0.372 e. The fourth-order valence-corrected chi connectivity index (χ4v) is 3.05. The Bertz CT molecular complexity index is 1040. The summed E-state index contributed by atoms with van der Waals surface area (Å²) in [4.78, 5) is 29.0. The molecule has 0 fully saturated rings. The second kappa shape index (κ2) is 4.42. The van der Waals surface area contributed by atoms with Gasteiger partial charge in [-0.2, -0.15) is 0 Å². The first kappa shape index (κ1) is 12.1. The summed E-state index contributed by atoms with van der Waals surface area (Å²) in [6.45, 7) is 0.261. The predicted octanol–water partition coefficient (Wildman–Crippen LogP) is 1.71. The number of para-hydroxylation sites is 1. The highest BCUT2D eigenvalue weighted by atomic mass is 32.1. The van der Waals surface area contributed by atoms with Crippen LogP contribution in [0.5, 0.6) is 0 Å². The maximum absolute atomic E-state index is 12.0. The molecule has 4 rings (SSSR count). The standard InChI is InChI=1S/C14H9N3O3S/c18-12-10-3-1-2-4-11(10)17(14(19)20-12)8-9-7-16-5-6-21-13(16)15-9/h1-7H,8H2. The van der Waals surface area contributed by atoms with Crippen molar-refractivity contribution < 1.29 is 4.42 Å². The lowest BCUT2D eigenvalue weighted by atomic mass is 10.2. The van der Waals surface area contributed by atoms with Gasteiger partial charge in [0.25, 0.3) is 0 Å². The number of rotatable bonds is 2. The van der Waals surface area contributed by atoms with Gasteiger partial charge in [0.05, 0.1) is 23.1 Å². The van der Waals surface area contributed by atoms with Crippen molar-refractivity contribution in [2.45, 2.75) is 6.54 Å². The van der Waals surface area contributed by atoms with E-state index in [1.165, 1.54) is 15.9 Å². The van der Waals surface area contributed by atoms with Gasteiger partial charge in [0.1, 0.15) is 0 Å². The fraction of sp³-hybridized carbons (Fsp3) is 0.0714. The van der Waals surface area contributed by atoms with Crippen LogP contribution in [-0.2, 0) is 6.54 Å². The molecule has 3 heterocycles. The van der Waals surface area contributed by atoms with E-state index in [1.807, 2.05) is 22.2 Å². The molecule has 6 nitrogen and oxygen atoms in total. The summed E-state index contributed by atoms with van der Waals surface area (Å²) in [5, 5.41) is 2.33. The molecule has 0 aliphatic rings. The second-order valence-electron chi connectivity index (χ2n) is 4.58. The summed E-state index contributed by atoms with van der Waals surface area (Å²) in [6.07, 6.45) is 3.76. The van der Waals surface area contributed by atoms with Crippen LogP contribution in [0.3, 0.4) is 0 Å². The smallest absolute Gasteiger partial charge is 0.372 e. The molecular formula is C14H9N3O3S. The van der Waals surface area contributed by atoms with Crippen molar-refractivity contribution >= 4 is 27.2 Å². The highest BCUT2D eigenvalue weighted by Gasteiger charge is 2.11. The van der Waals surface area contributed by atoms with E-state index in [9.17, 15) is 9.59 Å². The van der Waals surface area contributed by atoms with Crippen LogP contribution < -0.4 is 11.4 Å². The average molecular weight is 299 g/mol. The maximum Gasteiger partial charge on any atom is 0.422 e. The Kier molecular flexibility index (Phi) is 2.55. The number of nitrogens with zero attached hydrogens (tertiary/aromatic N) is 3. The monoisotopic (exact) mass is 299 g/mol. The van der Waals surface area contributed by atoms with Gasteiger partial charge in [-0.1, -0.05) is 12.1 Å². The first-order valence-corrected chi connectivity index (χ1v) is 7.14. The van der Waals surface area contributed by atoms with Crippen LogP contribution in [0, 0.1) is 0 Å². The summed E-state index contributed by atoms with van der Waals surface area (Å²) < 4.78 is 8.08. The SMILES string of the molecule is O=c1oc(=O)n(Cc2cn3ccsc3n2)c2ccccc12. The number of fused-ring (bicyclic) bond motifs is 2. The summed E-state index contributed by atoms with van der Waals surface area (Å²) in [5.41, 5.74) is 0.677. The van der Waals surface area contributed by atoms with E-state index in [2.05, 4.69) is 4.98 Å². The van der Waals surface area contributed by atoms with Crippen LogP contribution in [0.15, 0.2) is 56.0 Å². The van der Waals surface area contributed by atoms with Crippen LogP contribution in [0.2, 0.25) is 0 Å². The molecular weight excluding hydrogens is 290 g/mol. The third-order valence-corrected chi connectivity index (χ3v) is 4.05. The van der Waals surface area contributed by atoms with Gasteiger partial charge in [-0.3, -0.25) is 8.97 Å². The molecule has 0 radical (unpaired) electrons. The summed E-state index contributed by atoms with van der Waals surface area (Å²) in [7, 11) is 0. The molecule has 0 N–H and O–H groups in total. The van der Waals surface area contributed by atoms with Crippen molar-refractivity contribution in [3.63, 3.8) is 0 Å². The van der Waals surface area contributed by atoms with Crippen LogP contribution in [-0.4, -0.2) is 14.0 Å². The molecule has 0 aliphatic heterocycles. The molecule has 0 aliphatic carbocycles. The van der Waals surface area contributed by atoms with E-state index < -0.39 is 11.4 Å². The molecule has 0 bridgehead atoms. The van der Waals surface area contributed by atoms with Crippen molar-refractivity contribution in [2.24, 2.45) is 0 Å². The van der Waals surface area contributed by atoms with Crippen molar-refractivity contribution in [3.8, 4) is 0 Å². The van der Waals surface area contributed by atoms with Gasteiger partial charge in [0, 0.05) is 17.8 Å². The Morgan fingerprint density at radius 3 is 2.95 bits per heavy atom. The largest absolute Gasteiger partial charge is 0.422 e. The summed E-state index contributed by atoms with van der Waals surface area (Å²) in [5.74, 6) is -0.671. The Morgan fingerprint density at radius 1 is 1.24 bits per heavy atom. The number of thiazole rings is 1. The van der Waals surface area contributed by atoms with E-state index in [0.29, 0.717) is 10.9 Å². The van der Waals surface area contributed by atoms with Gasteiger partial charge < -0.3 is 4.42 Å². The number of hydrogen-bond acceptors (Lipinski definition) is 5. The van der Waals surface area contributed by atoms with Gasteiger partial charge in [0.2, 0.25) is 0 Å². The molecule has 0 saturated heterocycles. The van der Waals surface area contributed by atoms with Gasteiger partial charge in [-0.15, -0.1) is 11.3 Å². The fourth-order valence-electron chi connectivity index (χ4n) is 2.33. The Hall–Kier alpha value is -2.67. The number of imidazole rings is 1. The first-order valence-electron chi connectivity index (χ1n) is 6.26. The minimum absolute atomic E-state index is 0.261. The van der Waals surface area contributed by atoms with Gasteiger partial charge in [0.15, 0.2) is 4.96 Å². The Labute approximate surface area is 121 Å². The third-order valence-electron chi connectivity index (χ3n) is 3.28. The second-order valence-corrected chi connectivity index (χ2v) is 5.46. The van der Waals surface area contributed by atoms with Crippen LogP contribution in [0.1, 0.15) is 5.69 Å². The van der Waals surface area contributed by atoms with Crippen molar-refractivity contribution in [1.82, 2.24) is 14.0 Å². The third kappa shape index (κ3) is 1.90. The highest BCUT2D eigenvalue weighted by molar-refractivity contribution is 7.15. The molecule has 1 aromatic carbocycles. The number of aromatic nitrogens is 3. The lowest BCUT2D eigenvalue weighted by molar-refractivity contribution is 0.424. The van der Waals surface area contributed by atoms with E-state index in [4.69, 9.17) is 4.42 Å². The number of hydrogen-bond donors (Lipinski definition) is 0. The zero-order valence-corrected chi connectivity index (χ0v) is 11.5. The van der Waals surface area contributed by atoms with Gasteiger partial charge in [-0.25, -0.2) is 14.6 Å². The molecule has 3 aromatic heterocycles. The molecule has 0 saturated carbocycles. The van der Waals surface area contributed by atoms with E-state index in [-0.39, 0.29) is 6.54 Å². The normalized spacial score (nSPS) is 11.4. The summed E-state index contributed by atoms with van der Waals surface area (Å²) in [6, 6.07) is 6.89. The van der Waals surface area contributed by atoms with Crippen LogP contribution in [0.4, 0.5) is 0 Å². The van der Waals surface area contributed by atoms with Gasteiger partial charge >= 0.3 is 11.4 Å². The average Bonchev–Trinajstić information content (AvgIpc) is 3.04. The van der Waals surface area contributed by atoms with E-state index >= 15 is 0 Å². The van der Waals surface area contributed by atoms with Gasteiger partial charge in [-0.05, 0) is 12.1 Å². The molecule has 104 valence electrons. The quantitative estimate of drug-likeness (QED) is 0.565. The highest BCUT2D eigenvalue weighted by Crippen LogP contribution is 2.13. The van der Waals surface area contributed by atoms with Crippen LogP contribution in [0.25, 0.3) is 15.9 Å². The predicted molar refractivity (Wildman–Crippen MR) is 78.9 cm³/mol. The van der Waals surface area contributed by atoms with Crippen LogP contribution >= 0.6 is 11.3 Å². The molecule has 7 heteroatoms. The molecule has 4 aromatic rings. The van der Waals surface area contributed by atoms with Crippen molar-refractivity contribution in [3.05, 3.63) is 68.7 Å². The molecule has 0 atom stereocenters. The topological polar surface area (TPSA) is 69.5 Å². The molecule has 21 heavy (non-hydrogen) atoms. The summed E-state index contributed by atoms with van der Waals surface area (Å²) >= 11 is 1.52. The van der Waals surface area contributed by atoms with Crippen molar-refractivity contribution in [2.75, 3.05) is 0 Å². The molecule has 0 unspecified atom stereocenters. The number of benzene rings is 1. The lowest BCUT2D eigenvalue weighted by Gasteiger charge is -2.06. The van der Waals surface area contributed by atoms with Crippen molar-refractivity contribution in [1.29, 1.82) is 0 Å². The zero-order valence-electron chi connectivity index (χ0n) is 10.7. The van der Waals surface area contributed by atoms with E-state index in [0.717, 1.165) is 10.7 Å². The lowest BCUT2D eigenvalue weighted by Crippen LogP contribution is -2.25. The first-order chi connectivity index (χ1) is 10.2. The molecule has 0 amide bonds. The Balaban J connectivity index is 1.92.